The van der Waals surface area contributed by atoms with Crippen molar-refractivity contribution in [3.8, 4) is 5.75 Å². The van der Waals surface area contributed by atoms with Crippen LogP contribution in [-0.2, 0) is 24.4 Å². The Morgan fingerprint density at radius 1 is 1.13 bits per heavy atom. The molecule has 0 aliphatic rings. The maximum Gasteiger partial charge on any atom is 0.251 e. The Kier molecular flexibility index (Phi) is 7.25. The molecule has 0 fully saturated rings. The lowest BCUT2D eigenvalue weighted by Gasteiger charge is -2.11. The molecule has 158 valence electrons. The maximum absolute atomic E-state index is 12.7. The third-order valence-corrected chi connectivity index (χ3v) is 5.14. The minimum Gasteiger partial charge on any atom is -0.496 e. The number of nitrogens with one attached hydrogen (secondary N) is 1. The second-order valence-corrected chi connectivity index (χ2v) is 7.14. The monoisotopic (exact) mass is 407 g/mol. The summed E-state index contributed by atoms with van der Waals surface area (Å²) in [4.78, 5) is 12.7. The second kappa shape index (κ2) is 10.1. The largest absolute Gasteiger partial charge is 0.496 e. The first-order valence-corrected chi connectivity index (χ1v) is 10.1. The van der Waals surface area contributed by atoms with Gasteiger partial charge in [-0.25, -0.2) is 0 Å². The molecule has 1 aromatic heterocycles. The van der Waals surface area contributed by atoms with Gasteiger partial charge in [-0.2, -0.15) is 5.10 Å². The predicted molar refractivity (Wildman–Crippen MR) is 117 cm³/mol. The van der Waals surface area contributed by atoms with Crippen LogP contribution in [0.15, 0.2) is 48.5 Å². The number of rotatable bonds is 9. The molecule has 0 spiro atoms. The molecular formula is C24H29N3O3. The normalized spacial score (nSPS) is 10.8. The van der Waals surface area contributed by atoms with E-state index in [2.05, 4.69) is 22.5 Å². The van der Waals surface area contributed by atoms with E-state index >= 15 is 0 Å². The minimum absolute atomic E-state index is 0.134. The Morgan fingerprint density at radius 3 is 2.60 bits per heavy atom. The number of ether oxygens (including phenoxy) is 2. The molecule has 0 unspecified atom stereocenters. The van der Waals surface area contributed by atoms with Crippen LogP contribution in [0.1, 0.15) is 45.4 Å². The van der Waals surface area contributed by atoms with Gasteiger partial charge in [-0.15, -0.1) is 0 Å². The van der Waals surface area contributed by atoms with Crippen molar-refractivity contribution in [1.29, 1.82) is 0 Å². The fourth-order valence-electron chi connectivity index (χ4n) is 3.42. The molecule has 30 heavy (non-hydrogen) atoms. The summed E-state index contributed by atoms with van der Waals surface area (Å²) in [6.07, 6.45) is 0. The summed E-state index contributed by atoms with van der Waals surface area (Å²) < 4.78 is 12.8. The summed E-state index contributed by atoms with van der Waals surface area (Å²) in [5, 5.41) is 7.68. The van der Waals surface area contributed by atoms with Crippen molar-refractivity contribution in [1.82, 2.24) is 15.1 Å². The van der Waals surface area contributed by atoms with Gasteiger partial charge in [0, 0.05) is 35.5 Å². The Bertz CT molecular complexity index is 996. The summed E-state index contributed by atoms with van der Waals surface area (Å²) in [7, 11) is 1.61. The number of carbonyl (C=O) groups excluding carboxylic acids is 1. The molecule has 0 saturated carbocycles. The minimum atomic E-state index is -0.134. The standard InChI is InChI=1S/C24H29N3O3/c1-5-30-16-21-13-20(11-12-23(21)29-4)24(28)25-14-22-17(2)26-27(18(22)3)15-19-9-7-6-8-10-19/h6-13H,5,14-16H2,1-4H3,(H,25,28). The first-order chi connectivity index (χ1) is 14.5. The molecule has 1 amide bonds. The van der Waals surface area contributed by atoms with Crippen LogP contribution in [0.5, 0.6) is 5.75 Å². The van der Waals surface area contributed by atoms with Crippen LogP contribution in [0.25, 0.3) is 0 Å². The molecule has 3 aromatic rings. The van der Waals surface area contributed by atoms with Gasteiger partial charge in [-0.3, -0.25) is 9.48 Å². The number of carbonyl (C=O) groups is 1. The third kappa shape index (κ3) is 5.07. The maximum atomic E-state index is 12.7. The van der Waals surface area contributed by atoms with Crippen LogP contribution in [0.2, 0.25) is 0 Å². The van der Waals surface area contributed by atoms with E-state index in [4.69, 9.17) is 9.47 Å². The van der Waals surface area contributed by atoms with Gasteiger partial charge in [0.25, 0.3) is 5.91 Å². The van der Waals surface area contributed by atoms with Crippen LogP contribution in [-0.4, -0.2) is 29.4 Å². The van der Waals surface area contributed by atoms with Crippen molar-refractivity contribution in [2.24, 2.45) is 0 Å². The molecule has 0 aliphatic heterocycles. The Hall–Kier alpha value is -3.12. The number of benzene rings is 2. The molecule has 0 atom stereocenters. The number of aromatic nitrogens is 2. The first kappa shape index (κ1) is 21.6. The molecule has 0 aliphatic carbocycles. The van der Waals surface area contributed by atoms with E-state index in [9.17, 15) is 4.79 Å². The summed E-state index contributed by atoms with van der Waals surface area (Å²) in [6.45, 7) is 8.10. The number of nitrogens with zero attached hydrogens (tertiary/aromatic N) is 2. The van der Waals surface area contributed by atoms with Crippen molar-refractivity contribution in [3.63, 3.8) is 0 Å². The van der Waals surface area contributed by atoms with E-state index in [1.54, 1.807) is 19.2 Å². The number of methoxy groups -OCH3 is 1. The zero-order valence-corrected chi connectivity index (χ0v) is 18.1. The molecule has 3 rings (SSSR count). The van der Waals surface area contributed by atoms with E-state index in [0.717, 1.165) is 22.5 Å². The van der Waals surface area contributed by atoms with Crippen LogP contribution >= 0.6 is 0 Å². The SMILES string of the molecule is CCOCc1cc(C(=O)NCc2c(C)nn(Cc3ccccc3)c2C)ccc1OC. The fraction of sp³-hybridized carbons (Fsp3) is 0.333. The summed E-state index contributed by atoms with van der Waals surface area (Å²) >= 11 is 0. The molecule has 0 bridgehead atoms. The van der Waals surface area contributed by atoms with Crippen LogP contribution < -0.4 is 10.1 Å². The molecule has 1 heterocycles. The highest BCUT2D eigenvalue weighted by atomic mass is 16.5. The third-order valence-electron chi connectivity index (χ3n) is 5.14. The van der Waals surface area contributed by atoms with Gasteiger partial charge in [0.05, 0.1) is 26.0 Å². The van der Waals surface area contributed by atoms with Gasteiger partial charge in [0.15, 0.2) is 0 Å². The van der Waals surface area contributed by atoms with E-state index in [-0.39, 0.29) is 5.91 Å². The molecule has 6 heteroatoms. The zero-order valence-electron chi connectivity index (χ0n) is 18.1. The molecule has 6 nitrogen and oxygen atoms in total. The molecular weight excluding hydrogens is 378 g/mol. The van der Waals surface area contributed by atoms with Crippen molar-refractivity contribution < 1.29 is 14.3 Å². The molecule has 1 N–H and O–H groups in total. The van der Waals surface area contributed by atoms with Gasteiger partial charge < -0.3 is 14.8 Å². The van der Waals surface area contributed by atoms with Crippen molar-refractivity contribution in [2.45, 2.75) is 40.5 Å². The Morgan fingerprint density at radius 2 is 1.90 bits per heavy atom. The van der Waals surface area contributed by atoms with Crippen molar-refractivity contribution in [2.75, 3.05) is 13.7 Å². The average molecular weight is 408 g/mol. The first-order valence-electron chi connectivity index (χ1n) is 10.1. The molecule has 2 aromatic carbocycles. The van der Waals surface area contributed by atoms with Gasteiger partial charge in [-0.05, 0) is 44.5 Å². The zero-order chi connectivity index (χ0) is 21.5. The lowest BCUT2D eigenvalue weighted by Crippen LogP contribution is -2.23. The van der Waals surface area contributed by atoms with Crippen LogP contribution in [0.3, 0.4) is 0 Å². The van der Waals surface area contributed by atoms with E-state index in [1.165, 1.54) is 5.56 Å². The number of amides is 1. The van der Waals surface area contributed by atoms with E-state index < -0.39 is 0 Å². The molecule has 0 radical (unpaired) electrons. The lowest BCUT2D eigenvalue weighted by atomic mass is 10.1. The predicted octanol–water partition coefficient (Wildman–Crippen LogP) is 4.02. The average Bonchev–Trinajstić information content (AvgIpc) is 3.03. The Balaban J connectivity index is 1.70. The number of aryl methyl sites for hydroxylation is 1. The quantitative estimate of drug-likeness (QED) is 0.582. The second-order valence-electron chi connectivity index (χ2n) is 7.14. The van der Waals surface area contributed by atoms with Crippen molar-refractivity contribution in [3.05, 3.63) is 82.2 Å². The van der Waals surface area contributed by atoms with Gasteiger partial charge >= 0.3 is 0 Å². The van der Waals surface area contributed by atoms with Crippen LogP contribution in [0, 0.1) is 13.8 Å². The topological polar surface area (TPSA) is 65.4 Å². The highest BCUT2D eigenvalue weighted by Crippen LogP contribution is 2.21. The van der Waals surface area contributed by atoms with Gasteiger partial charge in [0.1, 0.15) is 5.75 Å². The highest BCUT2D eigenvalue weighted by Gasteiger charge is 2.15. The number of hydrogen-bond acceptors (Lipinski definition) is 4. The number of hydrogen-bond donors (Lipinski definition) is 1. The van der Waals surface area contributed by atoms with Crippen molar-refractivity contribution >= 4 is 5.91 Å². The lowest BCUT2D eigenvalue weighted by molar-refractivity contribution is 0.0950. The van der Waals surface area contributed by atoms with Gasteiger partial charge in [-0.1, -0.05) is 30.3 Å². The van der Waals surface area contributed by atoms with Gasteiger partial charge in [0.2, 0.25) is 0 Å². The summed E-state index contributed by atoms with van der Waals surface area (Å²) in [5.41, 5.74) is 5.66. The van der Waals surface area contributed by atoms with E-state index in [1.807, 2.05) is 49.7 Å². The van der Waals surface area contributed by atoms with Crippen LogP contribution in [0.4, 0.5) is 0 Å². The van der Waals surface area contributed by atoms with E-state index in [0.29, 0.717) is 37.6 Å². The molecule has 0 saturated heterocycles. The summed E-state index contributed by atoms with van der Waals surface area (Å²) in [6, 6.07) is 15.6. The Labute approximate surface area is 177 Å². The fourth-order valence-corrected chi connectivity index (χ4v) is 3.42. The highest BCUT2D eigenvalue weighted by molar-refractivity contribution is 5.94. The summed E-state index contributed by atoms with van der Waals surface area (Å²) in [5.74, 6) is 0.582. The smallest absolute Gasteiger partial charge is 0.251 e.